The van der Waals surface area contributed by atoms with E-state index in [2.05, 4.69) is 110 Å². The summed E-state index contributed by atoms with van der Waals surface area (Å²) in [4.78, 5) is 2.27. The van der Waals surface area contributed by atoms with Gasteiger partial charge >= 0.3 is 0 Å². The summed E-state index contributed by atoms with van der Waals surface area (Å²) in [5.74, 6) is 1.50. The number of anilines is 3. The molecule has 0 aliphatic heterocycles. The first-order valence-electron chi connectivity index (χ1n) is 7.97. The molecule has 1 nitrogen and oxygen atoms in total. The predicted molar refractivity (Wildman–Crippen MR) is 111 cm³/mol. The number of hydrogen-bond donors (Lipinski definition) is 2. The van der Waals surface area contributed by atoms with Crippen molar-refractivity contribution in [1.29, 1.82) is 0 Å². The largest absolute Gasteiger partial charge is 0.311 e. The molecule has 0 aromatic heterocycles. The van der Waals surface area contributed by atoms with Crippen molar-refractivity contribution >= 4 is 42.3 Å². The molecule has 24 heavy (non-hydrogen) atoms. The number of hydrogen-bond acceptors (Lipinski definition) is 3. The third-order valence-corrected chi connectivity index (χ3v) is 4.78. The molecule has 0 amide bonds. The van der Waals surface area contributed by atoms with E-state index >= 15 is 0 Å². The molecule has 3 aromatic rings. The third-order valence-electron chi connectivity index (χ3n) is 4.05. The van der Waals surface area contributed by atoms with Crippen molar-refractivity contribution < 1.29 is 0 Å². The molecule has 0 aliphatic rings. The van der Waals surface area contributed by atoms with Crippen molar-refractivity contribution in [2.24, 2.45) is 0 Å². The minimum absolute atomic E-state index is 0.751. The minimum Gasteiger partial charge on any atom is -0.311 e. The molecule has 0 aliphatic carbocycles. The summed E-state index contributed by atoms with van der Waals surface area (Å²) in [6.45, 7) is 2.11. The third kappa shape index (κ3) is 3.80. The van der Waals surface area contributed by atoms with E-state index in [1.807, 2.05) is 0 Å². The Morgan fingerprint density at radius 1 is 0.583 bits per heavy atom. The Bertz CT molecular complexity index is 730. The van der Waals surface area contributed by atoms with Gasteiger partial charge in [-0.3, -0.25) is 0 Å². The Kier molecular flexibility index (Phi) is 5.54. The van der Waals surface area contributed by atoms with Gasteiger partial charge in [-0.25, -0.2) is 0 Å². The highest BCUT2D eigenvalue weighted by Gasteiger charge is 2.12. The van der Waals surface area contributed by atoms with Gasteiger partial charge in [-0.2, -0.15) is 25.3 Å². The molecule has 0 saturated carbocycles. The van der Waals surface area contributed by atoms with Crippen LogP contribution < -0.4 is 4.90 Å². The van der Waals surface area contributed by atoms with E-state index in [1.165, 1.54) is 16.7 Å². The highest BCUT2D eigenvalue weighted by atomic mass is 32.1. The lowest BCUT2D eigenvalue weighted by molar-refractivity contribution is 1.26. The fourth-order valence-electron chi connectivity index (χ4n) is 2.64. The van der Waals surface area contributed by atoms with Gasteiger partial charge in [0, 0.05) is 28.6 Å². The van der Waals surface area contributed by atoms with Crippen LogP contribution in [0.15, 0.2) is 72.8 Å². The van der Waals surface area contributed by atoms with Crippen molar-refractivity contribution in [3.63, 3.8) is 0 Å². The van der Waals surface area contributed by atoms with Gasteiger partial charge in [-0.15, -0.1) is 0 Å². The van der Waals surface area contributed by atoms with E-state index in [0.717, 1.165) is 28.6 Å². The maximum absolute atomic E-state index is 4.35. The molecule has 0 heterocycles. The average molecular weight is 352 g/mol. The van der Waals surface area contributed by atoms with Gasteiger partial charge in [0.05, 0.1) is 0 Å². The first kappa shape index (κ1) is 17.0. The summed E-state index contributed by atoms with van der Waals surface area (Å²) < 4.78 is 0. The molecule has 0 spiro atoms. The van der Waals surface area contributed by atoms with Gasteiger partial charge in [-0.05, 0) is 54.4 Å². The number of aryl methyl sites for hydroxylation is 1. The van der Waals surface area contributed by atoms with E-state index in [9.17, 15) is 0 Å². The number of thiol groups is 2. The van der Waals surface area contributed by atoms with Crippen molar-refractivity contribution in [2.45, 2.75) is 18.4 Å². The number of benzene rings is 3. The van der Waals surface area contributed by atoms with Crippen LogP contribution in [0.4, 0.5) is 17.1 Å². The van der Waals surface area contributed by atoms with Crippen molar-refractivity contribution in [3.05, 3.63) is 89.5 Å². The molecular formula is C21H21NS2. The van der Waals surface area contributed by atoms with Gasteiger partial charge < -0.3 is 4.90 Å². The quantitative estimate of drug-likeness (QED) is 0.508. The topological polar surface area (TPSA) is 3.24 Å². The lowest BCUT2D eigenvalue weighted by Gasteiger charge is -2.26. The van der Waals surface area contributed by atoms with E-state index in [1.54, 1.807) is 0 Å². The Morgan fingerprint density at radius 2 is 0.917 bits per heavy atom. The number of nitrogens with zero attached hydrogens (tertiary/aromatic N) is 1. The van der Waals surface area contributed by atoms with E-state index in [0.29, 0.717) is 0 Å². The predicted octanol–water partition coefficient (Wildman–Crippen LogP) is 6.32. The highest BCUT2D eigenvalue weighted by Crippen LogP contribution is 2.34. The molecule has 3 rings (SSSR count). The monoisotopic (exact) mass is 351 g/mol. The summed E-state index contributed by atoms with van der Waals surface area (Å²) >= 11 is 8.70. The first-order valence-corrected chi connectivity index (χ1v) is 9.24. The lowest BCUT2D eigenvalue weighted by atomic mass is 10.1. The summed E-state index contributed by atoms with van der Waals surface area (Å²) in [7, 11) is 0. The second-order valence-corrected chi connectivity index (χ2v) is 6.45. The maximum atomic E-state index is 4.35. The molecule has 0 N–H and O–H groups in total. The van der Waals surface area contributed by atoms with Gasteiger partial charge in [-0.1, -0.05) is 42.0 Å². The van der Waals surface area contributed by atoms with Gasteiger partial charge in [0.25, 0.3) is 0 Å². The summed E-state index contributed by atoms with van der Waals surface area (Å²) in [6, 6.07) is 25.7. The molecule has 3 aromatic carbocycles. The van der Waals surface area contributed by atoms with E-state index < -0.39 is 0 Å². The molecule has 0 bridgehead atoms. The minimum atomic E-state index is 0.751. The molecule has 0 saturated heterocycles. The summed E-state index contributed by atoms with van der Waals surface area (Å²) in [6.07, 6.45) is 0. The smallest absolute Gasteiger partial charge is 0.0461 e. The fourth-order valence-corrected chi connectivity index (χ4v) is 3.06. The molecular weight excluding hydrogens is 330 g/mol. The van der Waals surface area contributed by atoms with Crippen LogP contribution in [-0.2, 0) is 11.5 Å². The van der Waals surface area contributed by atoms with Crippen LogP contribution in [0.3, 0.4) is 0 Å². The van der Waals surface area contributed by atoms with Crippen LogP contribution in [0.2, 0.25) is 0 Å². The van der Waals surface area contributed by atoms with Gasteiger partial charge in [0.1, 0.15) is 0 Å². The molecule has 0 unspecified atom stereocenters. The second-order valence-electron chi connectivity index (χ2n) is 5.82. The van der Waals surface area contributed by atoms with Crippen LogP contribution >= 0.6 is 25.3 Å². The zero-order valence-corrected chi connectivity index (χ0v) is 15.5. The van der Waals surface area contributed by atoms with Crippen LogP contribution in [0, 0.1) is 6.92 Å². The SMILES string of the molecule is Cc1ccc(N(c2ccc(CS)cc2)c2ccc(CS)cc2)cc1. The van der Waals surface area contributed by atoms with Crippen molar-refractivity contribution in [2.75, 3.05) is 4.90 Å². The molecule has 0 atom stereocenters. The molecule has 122 valence electrons. The van der Waals surface area contributed by atoms with Gasteiger partial charge in [0.2, 0.25) is 0 Å². The average Bonchev–Trinajstić information content (AvgIpc) is 2.64. The standard InChI is InChI=1S/C21H21NS2/c1-16-2-8-19(9-3-16)22(20-10-4-17(14-23)5-11-20)21-12-6-18(15-24)7-13-21/h2-13,23-24H,14-15H2,1H3. The maximum Gasteiger partial charge on any atom is 0.0461 e. The van der Waals surface area contributed by atoms with E-state index in [4.69, 9.17) is 0 Å². The van der Waals surface area contributed by atoms with Crippen LogP contribution in [0.25, 0.3) is 0 Å². The van der Waals surface area contributed by atoms with Crippen molar-refractivity contribution in [1.82, 2.24) is 0 Å². The van der Waals surface area contributed by atoms with Crippen LogP contribution in [0.5, 0.6) is 0 Å². The molecule has 0 fully saturated rings. The van der Waals surface area contributed by atoms with Crippen LogP contribution in [0.1, 0.15) is 16.7 Å². The summed E-state index contributed by atoms with van der Waals surface area (Å²) in [5.41, 5.74) is 7.13. The van der Waals surface area contributed by atoms with Gasteiger partial charge in [0.15, 0.2) is 0 Å². The Labute approximate surface area is 155 Å². The Hall–Kier alpha value is -1.84. The zero-order valence-electron chi connectivity index (χ0n) is 13.7. The highest BCUT2D eigenvalue weighted by molar-refractivity contribution is 7.79. The fraction of sp³-hybridized carbons (Fsp3) is 0.143. The molecule has 3 heteroatoms. The number of rotatable bonds is 5. The Balaban J connectivity index is 2.06. The zero-order chi connectivity index (χ0) is 16.9. The normalized spacial score (nSPS) is 10.6. The Morgan fingerprint density at radius 3 is 1.25 bits per heavy atom. The lowest BCUT2D eigenvalue weighted by Crippen LogP contribution is -2.10. The molecule has 0 radical (unpaired) electrons. The van der Waals surface area contributed by atoms with Crippen molar-refractivity contribution in [3.8, 4) is 0 Å². The van der Waals surface area contributed by atoms with Crippen LogP contribution in [-0.4, -0.2) is 0 Å². The van der Waals surface area contributed by atoms with E-state index in [-0.39, 0.29) is 0 Å². The first-order chi connectivity index (χ1) is 11.7. The second kappa shape index (κ2) is 7.82. The summed E-state index contributed by atoms with van der Waals surface area (Å²) in [5, 5.41) is 0.